The van der Waals surface area contributed by atoms with Gasteiger partial charge < -0.3 is 10.2 Å². The molecular formula is C25H32ClN3O5S. The average molecular weight is 522 g/mol. The van der Waals surface area contributed by atoms with Crippen LogP contribution in [0.2, 0.25) is 5.02 Å². The van der Waals surface area contributed by atoms with E-state index in [0.29, 0.717) is 16.1 Å². The van der Waals surface area contributed by atoms with Crippen molar-refractivity contribution in [3.63, 3.8) is 0 Å². The minimum Gasteiger partial charge on any atom is -0.352 e. The largest absolute Gasteiger partial charge is 0.352 e. The Bertz CT molecular complexity index is 1190. The molecule has 190 valence electrons. The Hall–Kier alpha value is -2.91. The molecule has 0 bridgehead atoms. The van der Waals surface area contributed by atoms with Crippen LogP contribution in [-0.4, -0.2) is 55.8 Å². The topological polar surface area (TPSA) is 104 Å². The van der Waals surface area contributed by atoms with Crippen LogP contribution in [0.25, 0.3) is 0 Å². The van der Waals surface area contributed by atoms with Gasteiger partial charge in [0.2, 0.25) is 21.8 Å². The van der Waals surface area contributed by atoms with E-state index in [2.05, 4.69) is 5.32 Å². The summed E-state index contributed by atoms with van der Waals surface area (Å²) in [7, 11) is -3.88. The number of hydrogen-bond donors (Lipinski definition) is 1. The maximum absolute atomic E-state index is 13.5. The van der Waals surface area contributed by atoms with E-state index < -0.39 is 28.5 Å². The Labute approximate surface area is 212 Å². The molecule has 1 N–H and O–H groups in total. The van der Waals surface area contributed by atoms with Crippen LogP contribution in [0.5, 0.6) is 0 Å². The van der Waals surface area contributed by atoms with Crippen molar-refractivity contribution in [2.45, 2.75) is 52.7 Å². The zero-order valence-corrected chi connectivity index (χ0v) is 22.2. The maximum Gasteiger partial charge on any atom is 0.244 e. The number of hydrogen-bond acceptors (Lipinski definition) is 5. The number of rotatable bonds is 11. The molecule has 8 nitrogen and oxygen atoms in total. The quantitative estimate of drug-likeness (QED) is 0.455. The van der Waals surface area contributed by atoms with Crippen molar-refractivity contribution in [3.8, 4) is 0 Å². The molecule has 0 saturated heterocycles. The van der Waals surface area contributed by atoms with Crippen LogP contribution in [0, 0.1) is 0 Å². The average Bonchev–Trinajstić information content (AvgIpc) is 2.79. The summed E-state index contributed by atoms with van der Waals surface area (Å²) >= 11 is 6.10. The summed E-state index contributed by atoms with van der Waals surface area (Å²) in [6, 6.07) is 12.0. The molecule has 10 heteroatoms. The molecule has 0 heterocycles. The fourth-order valence-electron chi connectivity index (χ4n) is 3.37. The number of halogens is 1. The van der Waals surface area contributed by atoms with Gasteiger partial charge >= 0.3 is 0 Å². The summed E-state index contributed by atoms with van der Waals surface area (Å²) in [5, 5.41) is 3.35. The van der Waals surface area contributed by atoms with Crippen molar-refractivity contribution in [2.24, 2.45) is 0 Å². The molecule has 0 unspecified atom stereocenters. The Kier molecular flexibility index (Phi) is 9.85. The summed E-state index contributed by atoms with van der Waals surface area (Å²) in [4.78, 5) is 39.5. The van der Waals surface area contributed by atoms with Crippen LogP contribution >= 0.6 is 11.6 Å². The molecule has 0 aliphatic rings. The molecule has 0 fully saturated rings. The number of anilines is 1. The van der Waals surface area contributed by atoms with Gasteiger partial charge in [0.15, 0.2) is 5.78 Å². The SMILES string of the molecule is CC[C@H](C)NC(=O)[C@@H](C)N(Cc1cccc(Cl)c1)C(=O)CN(c1cccc(C(C)=O)c1)S(C)(=O)=O. The number of nitrogens with zero attached hydrogens (tertiary/aromatic N) is 2. The first-order valence-corrected chi connectivity index (χ1v) is 13.5. The van der Waals surface area contributed by atoms with Crippen molar-refractivity contribution in [1.82, 2.24) is 10.2 Å². The molecule has 35 heavy (non-hydrogen) atoms. The zero-order chi connectivity index (χ0) is 26.3. The van der Waals surface area contributed by atoms with Crippen LogP contribution in [0.4, 0.5) is 5.69 Å². The summed E-state index contributed by atoms with van der Waals surface area (Å²) < 4.78 is 26.2. The Morgan fingerprint density at radius 2 is 1.71 bits per heavy atom. The van der Waals surface area contributed by atoms with Gasteiger partial charge in [0, 0.05) is 23.2 Å². The lowest BCUT2D eigenvalue weighted by atomic mass is 10.1. The van der Waals surface area contributed by atoms with E-state index in [-0.39, 0.29) is 30.0 Å². The second kappa shape index (κ2) is 12.2. The van der Waals surface area contributed by atoms with Gasteiger partial charge in [-0.3, -0.25) is 18.7 Å². The molecule has 0 saturated carbocycles. The predicted molar refractivity (Wildman–Crippen MR) is 138 cm³/mol. The molecule has 0 aromatic heterocycles. The van der Waals surface area contributed by atoms with Gasteiger partial charge in [-0.2, -0.15) is 0 Å². The highest BCUT2D eigenvalue weighted by Gasteiger charge is 2.30. The Balaban J connectivity index is 2.43. The van der Waals surface area contributed by atoms with Gasteiger partial charge in [-0.15, -0.1) is 0 Å². The predicted octanol–water partition coefficient (Wildman–Crippen LogP) is 3.64. The van der Waals surface area contributed by atoms with Crippen LogP contribution in [0.15, 0.2) is 48.5 Å². The first-order valence-electron chi connectivity index (χ1n) is 11.3. The number of nitrogens with one attached hydrogen (secondary N) is 1. The molecule has 2 aromatic carbocycles. The third-order valence-electron chi connectivity index (χ3n) is 5.63. The number of ketones is 1. The fourth-order valence-corrected chi connectivity index (χ4v) is 4.43. The number of Topliss-reactive ketones (excluding diaryl/α,β-unsaturated/α-hetero) is 1. The third kappa shape index (κ3) is 8.07. The third-order valence-corrected chi connectivity index (χ3v) is 7.01. The fraction of sp³-hybridized carbons (Fsp3) is 0.400. The number of benzene rings is 2. The highest BCUT2D eigenvalue weighted by atomic mass is 35.5. The monoisotopic (exact) mass is 521 g/mol. The summed E-state index contributed by atoms with van der Waals surface area (Å²) in [5.74, 6) is -1.15. The van der Waals surface area contributed by atoms with Crippen molar-refractivity contribution < 1.29 is 22.8 Å². The van der Waals surface area contributed by atoms with Gasteiger partial charge in [0.1, 0.15) is 12.6 Å². The molecule has 0 aliphatic heterocycles. The molecule has 0 radical (unpaired) electrons. The van der Waals surface area contributed by atoms with Crippen molar-refractivity contribution >= 4 is 44.9 Å². The van der Waals surface area contributed by atoms with Gasteiger partial charge in [-0.25, -0.2) is 8.42 Å². The summed E-state index contributed by atoms with van der Waals surface area (Å²) in [6.45, 7) is 6.28. The molecule has 0 spiro atoms. The molecule has 2 amide bonds. The second-order valence-electron chi connectivity index (χ2n) is 8.52. The minimum absolute atomic E-state index is 0.0551. The van der Waals surface area contributed by atoms with E-state index >= 15 is 0 Å². The van der Waals surface area contributed by atoms with Crippen LogP contribution in [-0.2, 0) is 26.2 Å². The summed E-state index contributed by atoms with van der Waals surface area (Å²) in [6.07, 6.45) is 1.70. The van der Waals surface area contributed by atoms with Crippen LogP contribution < -0.4 is 9.62 Å². The van der Waals surface area contributed by atoms with Crippen LogP contribution in [0.1, 0.15) is 50.0 Å². The minimum atomic E-state index is -3.88. The number of sulfonamides is 1. The van der Waals surface area contributed by atoms with Gasteiger partial charge in [0.25, 0.3) is 0 Å². The Morgan fingerprint density at radius 1 is 1.06 bits per heavy atom. The van der Waals surface area contributed by atoms with E-state index in [1.54, 1.807) is 43.3 Å². The van der Waals surface area contributed by atoms with E-state index in [4.69, 9.17) is 11.6 Å². The van der Waals surface area contributed by atoms with Gasteiger partial charge in [0.05, 0.1) is 11.9 Å². The lowest BCUT2D eigenvalue weighted by Crippen LogP contribution is -2.52. The number of carbonyl (C=O) groups excluding carboxylic acids is 3. The van der Waals surface area contributed by atoms with Crippen molar-refractivity contribution in [2.75, 3.05) is 17.1 Å². The summed E-state index contributed by atoms with van der Waals surface area (Å²) in [5.41, 5.74) is 1.20. The Morgan fingerprint density at radius 3 is 2.29 bits per heavy atom. The van der Waals surface area contributed by atoms with Crippen molar-refractivity contribution in [3.05, 3.63) is 64.7 Å². The first kappa shape index (κ1) is 28.3. The number of amides is 2. The zero-order valence-electron chi connectivity index (χ0n) is 20.6. The lowest BCUT2D eigenvalue weighted by Gasteiger charge is -2.32. The number of carbonyl (C=O) groups is 3. The van der Waals surface area contributed by atoms with Crippen molar-refractivity contribution in [1.29, 1.82) is 0 Å². The molecule has 2 atom stereocenters. The highest BCUT2D eigenvalue weighted by molar-refractivity contribution is 7.92. The smallest absolute Gasteiger partial charge is 0.244 e. The maximum atomic E-state index is 13.5. The van der Waals surface area contributed by atoms with E-state index in [1.165, 1.54) is 24.0 Å². The standard InChI is InChI=1S/C25H32ClN3O5S/c1-6-17(2)27-25(32)18(3)28(15-20-9-7-11-22(26)13-20)24(31)16-29(35(5,33)34)23-12-8-10-21(14-23)19(4)30/h7-14,17-18H,6,15-16H2,1-5H3,(H,27,32)/t17-,18+/m0/s1. The van der Waals surface area contributed by atoms with Gasteiger partial charge in [-0.1, -0.05) is 42.8 Å². The highest BCUT2D eigenvalue weighted by Crippen LogP contribution is 2.21. The first-order chi connectivity index (χ1) is 16.3. The van der Waals surface area contributed by atoms with Crippen LogP contribution in [0.3, 0.4) is 0 Å². The molecule has 2 aromatic rings. The molecular weight excluding hydrogens is 490 g/mol. The van der Waals surface area contributed by atoms with E-state index in [1.807, 2.05) is 13.8 Å². The molecule has 0 aliphatic carbocycles. The van der Waals surface area contributed by atoms with Gasteiger partial charge in [-0.05, 0) is 57.0 Å². The lowest BCUT2D eigenvalue weighted by molar-refractivity contribution is -0.139. The molecule has 2 rings (SSSR count). The second-order valence-corrected chi connectivity index (χ2v) is 10.9. The van der Waals surface area contributed by atoms with E-state index in [9.17, 15) is 22.8 Å². The van der Waals surface area contributed by atoms with E-state index in [0.717, 1.165) is 17.0 Å². The normalized spacial score (nSPS) is 13.0.